The molecule has 0 unspecified atom stereocenters. The Morgan fingerprint density at radius 1 is 1.30 bits per heavy atom. The van der Waals surface area contributed by atoms with E-state index in [0.717, 1.165) is 31.0 Å². The van der Waals surface area contributed by atoms with E-state index in [-0.39, 0.29) is 0 Å². The number of piperidine rings is 1. The van der Waals surface area contributed by atoms with Crippen LogP contribution >= 0.6 is 22.9 Å². The lowest BCUT2D eigenvalue weighted by atomic mass is 9.95. The second-order valence-corrected chi connectivity index (χ2v) is 6.76. The second-order valence-electron chi connectivity index (χ2n) is 5.33. The molecule has 20 heavy (non-hydrogen) atoms. The van der Waals surface area contributed by atoms with Crippen molar-refractivity contribution in [2.75, 3.05) is 13.1 Å². The van der Waals surface area contributed by atoms with Crippen molar-refractivity contribution >= 4 is 22.9 Å². The molecule has 106 valence electrons. The summed E-state index contributed by atoms with van der Waals surface area (Å²) in [6.45, 7) is 2.24. The van der Waals surface area contributed by atoms with Crippen LogP contribution in [0.1, 0.15) is 35.9 Å². The first-order valence-corrected chi connectivity index (χ1v) is 8.44. The lowest BCUT2D eigenvalue weighted by molar-refractivity contribution is 0.454. The van der Waals surface area contributed by atoms with Crippen LogP contribution in [0.15, 0.2) is 40.3 Å². The lowest BCUT2D eigenvalue weighted by Crippen LogP contribution is -2.26. The maximum atomic E-state index is 6.04. The zero-order valence-electron chi connectivity index (χ0n) is 11.4. The summed E-state index contributed by atoms with van der Waals surface area (Å²) in [5, 5.41) is 7.75. The fourth-order valence-corrected chi connectivity index (χ4v) is 3.71. The molecule has 1 aromatic heterocycles. The fourth-order valence-electron chi connectivity index (χ4n) is 2.65. The van der Waals surface area contributed by atoms with Gasteiger partial charge >= 0.3 is 0 Å². The minimum atomic E-state index is 0.647. The third kappa shape index (κ3) is 3.60. The van der Waals surface area contributed by atoms with Crippen LogP contribution in [0.4, 0.5) is 0 Å². The summed E-state index contributed by atoms with van der Waals surface area (Å²) in [5.41, 5.74) is 2.57. The highest BCUT2D eigenvalue weighted by atomic mass is 35.5. The van der Waals surface area contributed by atoms with Gasteiger partial charge in [0.2, 0.25) is 0 Å². The van der Waals surface area contributed by atoms with Crippen LogP contribution in [0.25, 0.3) is 0 Å². The maximum Gasteiger partial charge on any atom is 0.0972 e. The average molecular weight is 307 g/mol. The number of nitrogens with one attached hydrogen (secondary N) is 1. The van der Waals surface area contributed by atoms with Gasteiger partial charge < -0.3 is 5.32 Å². The van der Waals surface area contributed by atoms with Crippen LogP contribution in [-0.4, -0.2) is 18.1 Å². The van der Waals surface area contributed by atoms with Crippen LogP contribution in [0, 0.1) is 0 Å². The zero-order valence-corrected chi connectivity index (χ0v) is 13.0. The number of rotatable bonds is 3. The van der Waals surface area contributed by atoms with Crippen molar-refractivity contribution in [1.82, 2.24) is 10.3 Å². The highest BCUT2D eigenvalue weighted by molar-refractivity contribution is 7.09. The van der Waals surface area contributed by atoms with E-state index in [4.69, 9.17) is 16.6 Å². The fraction of sp³-hybridized carbons (Fsp3) is 0.438. The highest BCUT2D eigenvalue weighted by Gasteiger charge is 2.18. The molecule has 0 saturated carbocycles. The summed E-state index contributed by atoms with van der Waals surface area (Å²) in [6, 6.07) is 0. The molecule has 0 bridgehead atoms. The van der Waals surface area contributed by atoms with Gasteiger partial charge in [0, 0.05) is 29.2 Å². The molecule has 0 radical (unpaired) electrons. The quantitative estimate of drug-likeness (QED) is 0.907. The van der Waals surface area contributed by atoms with E-state index in [1.165, 1.54) is 29.1 Å². The smallest absolute Gasteiger partial charge is 0.0972 e. The van der Waals surface area contributed by atoms with Crippen LogP contribution in [0.3, 0.4) is 0 Å². The molecular weight excluding hydrogens is 288 g/mol. The number of halogens is 1. The molecule has 1 fully saturated rings. The second kappa shape index (κ2) is 6.70. The van der Waals surface area contributed by atoms with Gasteiger partial charge in [-0.15, -0.1) is 11.3 Å². The summed E-state index contributed by atoms with van der Waals surface area (Å²) < 4.78 is 0. The molecule has 2 nitrogen and oxygen atoms in total. The summed E-state index contributed by atoms with van der Waals surface area (Å²) in [5.74, 6) is 0.647. The molecule has 0 amide bonds. The molecule has 4 heteroatoms. The number of hydrogen-bond donors (Lipinski definition) is 1. The minimum Gasteiger partial charge on any atom is -0.317 e. The molecule has 1 aliphatic heterocycles. The van der Waals surface area contributed by atoms with Crippen molar-refractivity contribution in [3.63, 3.8) is 0 Å². The predicted molar refractivity (Wildman–Crippen MR) is 86.4 cm³/mol. The predicted octanol–water partition coefficient (Wildman–Crippen LogP) is 4.16. The van der Waals surface area contributed by atoms with Crippen molar-refractivity contribution in [1.29, 1.82) is 0 Å². The Labute approximate surface area is 129 Å². The first-order valence-electron chi connectivity index (χ1n) is 7.18. The maximum absolute atomic E-state index is 6.04. The van der Waals surface area contributed by atoms with Gasteiger partial charge in [-0.3, -0.25) is 0 Å². The lowest BCUT2D eigenvalue weighted by Gasteiger charge is -2.20. The van der Waals surface area contributed by atoms with Crippen molar-refractivity contribution in [3.05, 3.63) is 51.0 Å². The molecule has 2 aliphatic rings. The Kier molecular flexibility index (Phi) is 4.71. The monoisotopic (exact) mass is 306 g/mol. The largest absolute Gasteiger partial charge is 0.317 e. The Morgan fingerprint density at radius 2 is 2.15 bits per heavy atom. The van der Waals surface area contributed by atoms with Gasteiger partial charge in [0.25, 0.3) is 0 Å². The van der Waals surface area contributed by atoms with E-state index in [0.29, 0.717) is 5.92 Å². The Bertz CT molecular complexity index is 551. The molecule has 1 saturated heterocycles. The Balaban J connectivity index is 1.68. The molecule has 0 aromatic carbocycles. The first kappa shape index (κ1) is 14.1. The molecule has 1 aromatic rings. The van der Waals surface area contributed by atoms with Gasteiger partial charge in [0.05, 0.1) is 10.7 Å². The van der Waals surface area contributed by atoms with Crippen LogP contribution in [-0.2, 0) is 6.42 Å². The summed E-state index contributed by atoms with van der Waals surface area (Å²) in [7, 11) is 0. The third-order valence-corrected chi connectivity index (χ3v) is 4.95. The van der Waals surface area contributed by atoms with Gasteiger partial charge in [0.1, 0.15) is 0 Å². The van der Waals surface area contributed by atoms with Gasteiger partial charge in [-0.05, 0) is 37.6 Å². The van der Waals surface area contributed by atoms with E-state index in [1.54, 1.807) is 11.3 Å². The van der Waals surface area contributed by atoms with Crippen molar-refractivity contribution in [3.8, 4) is 0 Å². The number of allylic oxidation sites excluding steroid dienone is 6. The average Bonchev–Trinajstić information content (AvgIpc) is 2.84. The van der Waals surface area contributed by atoms with Crippen molar-refractivity contribution in [2.24, 2.45) is 0 Å². The van der Waals surface area contributed by atoms with Gasteiger partial charge in [-0.25, -0.2) is 4.98 Å². The van der Waals surface area contributed by atoms with Gasteiger partial charge in [0.15, 0.2) is 0 Å². The van der Waals surface area contributed by atoms with Crippen LogP contribution in [0.5, 0.6) is 0 Å². The third-order valence-electron chi connectivity index (χ3n) is 3.81. The molecule has 2 heterocycles. The van der Waals surface area contributed by atoms with E-state index in [1.807, 2.05) is 6.08 Å². The number of thiazole rings is 1. The molecular formula is C16H19ClN2S. The number of aromatic nitrogens is 1. The van der Waals surface area contributed by atoms with Crippen molar-refractivity contribution in [2.45, 2.75) is 31.6 Å². The zero-order chi connectivity index (χ0) is 13.8. The SMILES string of the molecule is ClC1=CC=C(Cc2nc(C3CCNCC3)cs2)C=CC1. The number of hydrogen-bond acceptors (Lipinski definition) is 3. The van der Waals surface area contributed by atoms with E-state index >= 15 is 0 Å². The van der Waals surface area contributed by atoms with E-state index < -0.39 is 0 Å². The van der Waals surface area contributed by atoms with Gasteiger partial charge in [-0.1, -0.05) is 29.8 Å². The van der Waals surface area contributed by atoms with Gasteiger partial charge in [-0.2, -0.15) is 0 Å². The van der Waals surface area contributed by atoms with Crippen LogP contribution < -0.4 is 5.32 Å². The normalized spacial score (nSPS) is 20.4. The van der Waals surface area contributed by atoms with E-state index in [9.17, 15) is 0 Å². The summed E-state index contributed by atoms with van der Waals surface area (Å²) in [6.07, 6.45) is 12.6. The topological polar surface area (TPSA) is 24.9 Å². The molecule has 1 aliphatic carbocycles. The van der Waals surface area contributed by atoms with Crippen molar-refractivity contribution < 1.29 is 0 Å². The summed E-state index contributed by atoms with van der Waals surface area (Å²) >= 11 is 7.83. The first-order chi connectivity index (χ1) is 9.81. The molecule has 0 spiro atoms. The molecule has 0 atom stereocenters. The van der Waals surface area contributed by atoms with Crippen LogP contribution in [0.2, 0.25) is 0 Å². The standard InChI is InChI=1S/C16H19ClN2S/c17-14-3-1-2-12(4-5-14)10-16-19-15(11-20-16)13-6-8-18-9-7-13/h1-2,4-5,11,13,18H,3,6-10H2. The molecule has 3 rings (SSSR count). The van der Waals surface area contributed by atoms with E-state index in [2.05, 4.69) is 28.9 Å². The Morgan fingerprint density at radius 3 is 3.00 bits per heavy atom. The Hall–Kier alpha value is -0.900. The molecule has 1 N–H and O–H groups in total. The summed E-state index contributed by atoms with van der Waals surface area (Å²) in [4.78, 5) is 4.84. The highest BCUT2D eigenvalue weighted by Crippen LogP contribution is 2.27. The number of nitrogens with zero attached hydrogens (tertiary/aromatic N) is 1. The minimum absolute atomic E-state index is 0.647.